The highest BCUT2D eigenvalue weighted by molar-refractivity contribution is 6.30. The third kappa shape index (κ3) is 4.14. The standard InChI is InChI=1S/C45H27N5O/c1-4-14-28(15-5-1)43-46-44(29-16-6-2-7-17-29)48-45(47-43)50-35-22-12-10-21-32(35)41-37(50)25-24-36-42(41)34-27-40-33(31-20-11-13-23-39(31)51-40)26-38(34)49(36)30-18-8-3-9-19-30/h1-27H. The van der Waals surface area contributed by atoms with Gasteiger partial charge in [0.25, 0.3) is 0 Å². The van der Waals surface area contributed by atoms with Crippen LogP contribution >= 0.6 is 0 Å². The maximum Gasteiger partial charge on any atom is 0.238 e. The fraction of sp³-hybridized carbons (Fsp3) is 0. The van der Waals surface area contributed by atoms with Crippen LogP contribution < -0.4 is 0 Å². The third-order valence-electron chi connectivity index (χ3n) is 9.96. The molecule has 238 valence electrons. The molecular weight excluding hydrogens is 627 g/mol. The minimum Gasteiger partial charge on any atom is -0.456 e. The fourth-order valence-corrected chi connectivity index (χ4v) is 7.75. The Hall–Kier alpha value is -7.05. The van der Waals surface area contributed by atoms with Crippen molar-refractivity contribution in [3.63, 3.8) is 0 Å². The molecule has 0 spiro atoms. The summed E-state index contributed by atoms with van der Waals surface area (Å²) in [6, 6.07) is 56.6. The minimum atomic E-state index is 0.569. The van der Waals surface area contributed by atoms with E-state index in [2.05, 4.69) is 100 Å². The number of fused-ring (bicyclic) bond motifs is 10. The molecule has 11 aromatic rings. The lowest BCUT2D eigenvalue weighted by molar-refractivity contribution is 0.669. The molecule has 7 aromatic carbocycles. The van der Waals surface area contributed by atoms with E-state index in [1.165, 1.54) is 0 Å². The molecule has 0 amide bonds. The molecule has 4 heterocycles. The van der Waals surface area contributed by atoms with Gasteiger partial charge < -0.3 is 8.98 Å². The molecule has 51 heavy (non-hydrogen) atoms. The molecule has 0 unspecified atom stereocenters. The average molecular weight is 654 g/mol. The van der Waals surface area contributed by atoms with E-state index in [4.69, 9.17) is 19.4 Å². The molecule has 0 radical (unpaired) electrons. The van der Waals surface area contributed by atoms with Crippen LogP contribution in [0.15, 0.2) is 168 Å². The maximum absolute atomic E-state index is 6.47. The molecule has 11 rings (SSSR count). The van der Waals surface area contributed by atoms with Gasteiger partial charge in [0.15, 0.2) is 11.6 Å². The monoisotopic (exact) mass is 653 g/mol. The largest absolute Gasteiger partial charge is 0.456 e. The summed E-state index contributed by atoms with van der Waals surface area (Å²) < 4.78 is 11.0. The molecule has 0 N–H and O–H groups in total. The van der Waals surface area contributed by atoms with Crippen molar-refractivity contribution < 1.29 is 4.42 Å². The second-order valence-electron chi connectivity index (χ2n) is 12.9. The summed E-state index contributed by atoms with van der Waals surface area (Å²) >= 11 is 0. The van der Waals surface area contributed by atoms with Crippen LogP contribution in [-0.4, -0.2) is 24.1 Å². The third-order valence-corrected chi connectivity index (χ3v) is 9.96. The molecule has 0 saturated heterocycles. The van der Waals surface area contributed by atoms with E-state index >= 15 is 0 Å². The Morgan fingerprint density at radius 3 is 1.65 bits per heavy atom. The Morgan fingerprint density at radius 1 is 0.373 bits per heavy atom. The van der Waals surface area contributed by atoms with Crippen LogP contribution in [0.25, 0.3) is 100.0 Å². The Labute approximate surface area is 291 Å². The van der Waals surface area contributed by atoms with Gasteiger partial charge in [-0.1, -0.05) is 115 Å². The van der Waals surface area contributed by atoms with Crippen LogP contribution in [-0.2, 0) is 0 Å². The number of benzene rings is 7. The smallest absolute Gasteiger partial charge is 0.238 e. The summed E-state index contributed by atoms with van der Waals surface area (Å²) in [6.45, 7) is 0. The molecule has 0 aliphatic heterocycles. The van der Waals surface area contributed by atoms with E-state index in [0.717, 1.165) is 82.4 Å². The van der Waals surface area contributed by atoms with E-state index in [-0.39, 0.29) is 0 Å². The van der Waals surface area contributed by atoms with Gasteiger partial charge in [-0.15, -0.1) is 0 Å². The number of rotatable bonds is 4. The SMILES string of the molecule is c1ccc(-c2nc(-c3ccccc3)nc(-n3c4ccccc4c4c5c6cc7oc8ccccc8c7cc6n(-c6ccccc6)c5ccc43)n2)cc1. The zero-order chi connectivity index (χ0) is 33.5. The van der Waals surface area contributed by atoms with Crippen molar-refractivity contribution in [1.82, 2.24) is 24.1 Å². The van der Waals surface area contributed by atoms with Gasteiger partial charge in [0.1, 0.15) is 11.2 Å². The molecule has 0 bridgehead atoms. The van der Waals surface area contributed by atoms with E-state index in [0.29, 0.717) is 17.6 Å². The zero-order valence-electron chi connectivity index (χ0n) is 27.2. The van der Waals surface area contributed by atoms with Crippen molar-refractivity contribution in [2.24, 2.45) is 0 Å². The molecule has 0 atom stereocenters. The molecule has 4 aromatic heterocycles. The van der Waals surface area contributed by atoms with Gasteiger partial charge in [-0.25, -0.2) is 4.98 Å². The Balaban J connectivity index is 1.29. The number of nitrogens with zero attached hydrogens (tertiary/aromatic N) is 5. The predicted molar refractivity (Wildman–Crippen MR) is 207 cm³/mol. The molecular formula is C45H27N5O. The van der Waals surface area contributed by atoms with E-state index in [1.807, 2.05) is 72.8 Å². The van der Waals surface area contributed by atoms with E-state index < -0.39 is 0 Å². The Morgan fingerprint density at radius 2 is 0.941 bits per heavy atom. The summed E-state index contributed by atoms with van der Waals surface area (Å²) in [5.41, 5.74) is 9.01. The molecule has 0 fully saturated rings. The Bertz CT molecular complexity index is 3060. The summed E-state index contributed by atoms with van der Waals surface area (Å²) in [7, 11) is 0. The van der Waals surface area contributed by atoms with Gasteiger partial charge in [0, 0.05) is 49.1 Å². The second kappa shape index (κ2) is 10.7. The second-order valence-corrected chi connectivity index (χ2v) is 12.9. The number of para-hydroxylation sites is 3. The quantitative estimate of drug-likeness (QED) is 0.190. The first-order valence-corrected chi connectivity index (χ1v) is 17.0. The van der Waals surface area contributed by atoms with Crippen LogP contribution in [0, 0.1) is 0 Å². The molecule has 0 aliphatic rings. The summed E-state index contributed by atoms with van der Waals surface area (Å²) in [6.07, 6.45) is 0. The van der Waals surface area contributed by atoms with Crippen molar-refractivity contribution in [2.45, 2.75) is 0 Å². The lowest BCUT2D eigenvalue weighted by Crippen LogP contribution is -2.06. The van der Waals surface area contributed by atoms with Crippen molar-refractivity contribution in [1.29, 1.82) is 0 Å². The van der Waals surface area contributed by atoms with Crippen LogP contribution in [0.1, 0.15) is 0 Å². The first-order valence-electron chi connectivity index (χ1n) is 17.0. The van der Waals surface area contributed by atoms with Gasteiger partial charge >= 0.3 is 0 Å². The van der Waals surface area contributed by atoms with E-state index in [1.54, 1.807) is 0 Å². The molecule has 0 saturated carbocycles. The van der Waals surface area contributed by atoms with Gasteiger partial charge in [0.05, 0.1) is 22.1 Å². The average Bonchev–Trinajstić information content (AvgIpc) is 3.85. The highest BCUT2D eigenvalue weighted by Gasteiger charge is 2.23. The lowest BCUT2D eigenvalue weighted by atomic mass is 10.0. The van der Waals surface area contributed by atoms with Crippen molar-refractivity contribution in [2.75, 3.05) is 0 Å². The first kappa shape index (κ1) is 27.9. The lowest BCUT2D eigenvalue weighted by Gasteiger charge is -2.11. The van der Waals surface area contributed by atoms with Gasteiger partial charge in [-0.3, -0.25) is 4.57 Å². The highest BCUT2D eigenvalue weighted by Crippen LogP contribution is 2.44. The number of hydrogen-bond acceptors (Lipinski definition) is 4. The van der Waals surface area contributed by atoms with Gasteiger partial charge in [-0.2, -0.15) is 9.97 Å². The molecule has 6 heteroatoms. The van der Waals surface area contributed by atoms with Crippen molar-refractivity contribution in [3.05, 3.63) is 164 Å². The first-order chi connectivity index (χ1) is 25.3. The fourth-order valence-electron chi connectivity index (χ4n) is 7.75. The summed E-state index contributed by atoms with van der Waals surface area (Å²) in [5, 5.41) is 6.76. The highest BCUT2D eigenvalue weighted by atomic mass is 16.3. The maximum atomic E-state index is 6.47. The topological polar surface area (TPSA) is 61.7 Å². The molecule has 0 aliphatic carbocycles. The van der Waals surface area contributed by atoms with Gasteiger partial charge in [0.2, 0.25) is 5.95 Å². The van der Waals surface area contributed by atoms with Crippen LogP contribution in [0.3, 0.4) is 0 Å². The van der Waals surface area contributed by atoms with E-state index in [9.17, 15) is 0 Å². The zero-order valence-corrected chi connectivity index (χ0v) is 27.2. The van der Waals surface area contributed by atoms with Crippen molar-refractivity contribution in [3.8, 4) is 34.4 Å². The van der Waals surface area contributed by atoms with Gasteiger partial charge in [-0.05, 0) is 48.5 Å². The van der Waals surface area contributed by atoms with Crippen LogP contribution in [0.2, 0.25) is 0 Å². The summed E-state index contributed by atoms with van der Waals surface area (Å²) in [4.78, 5) is 15.3. The normalized spacial score (nSPS) is 11.9. The minimum absolute atomic E-state index is 0.569. The van der Waals surface area contributed by atoms with Crippen molar-refractivity contribution >= 4 is 65.6 Å². The number of aromatic nitrogens is 5. The van der Waals surface area contributed by atoms with Crippen LogP contribution in [0.5, 0.6) is 0 Å². The molecule has 6 nitrogen and oxygen atoms in total. The summed E-state index contributed by atoms with van der Waals surface area (Å²) in [5.74, 6) is 1.82. The Kier molecular flexibility index (Phi) is 5.86. The number of hydrogen-bond donors (Lipinski definition) is 0. The predicted octanol–water partition coefficient (Wildman–Crippen LogP) is 11.3. The van der Waals surface area contributed by atoms with Crippen LogP contribution in [0.4, 0.5) is 0 Å². The number of furan rings is 1.